The van der Waals surface area contributed by atoms with Crippen LogP contribution in [0.2, 0.25) is 0 Å². The molecule has 1 fully saturated rings. The molecule has 0 aliphatic carbocycles. The van der Waals surface area contributed by atoms with Gasteiger partial charge in [-0.25, -0.2) is 4.98 Å². The van der Waals surface area contributed by atoms with Crippen molar-refractivity contribution >= 4 is 5.91 Å². The quantitative estimate of drug-likeness (QED) is 0.721. The second-order valence-corrected chi connectivity index (χ2v) is 5.52. The lowest BCUT2D eigenvalue weighted by Gasteiger charge is -2.15. The molecule has 120 valence electrons. The molecule has 0 saturated carbocycles. The van der Waals surface area contributed by atoms with Crippen molar-refractivity contribution in [3.8, 4) is 11.6 Å². The van der Waals surface area contributed by atoms with E-state index in [1.165, 1.54) is 0 Å². The number of hydrogen-bond acceptors (Lipinski definition) is 7. The molecular formula is C16H14N6O2. The van der Waals surface area contributed by atoms with Crippen molar-refractivity contribution in [2.24, 2.45) is 0 Å². The van der Waals surface area contributed by atoms with Gasteiger partial charge in [-0.15, -0.1) is 0 Å². The van der Waals surface area contributed by atoms with Crippen LogP contribution in [0.1, 0.15) is 28.5 Å². The van der Waals surface area contributed by atoms with E-state index in [0.29, 0.717) is 36.1 Å². The number of nitrogens with zero attached hydrogens (tertiary/aromatic N) is 6. The Hall–Kier alpha value is -3.16. The average molecular weight is 322 g/mol. The molecule has 0 radical (unpaired) electrons. The van der Waals surface area contributed by atoms with Crippen LogP contribution in [0.25, 0.3) is 11.6 Å². The summed E-state index contributed by atoms with van der Waals surface area (Å²) in [7, 11) is 0. The van der Waals surface area contributed by atoms with Crippen molar-refractivity contribution in [1.29, 1.82) is 0 Å². The van der Waals surface area contributed by atoms with Gasteiger partial charge in [0.05, 0.1) is 6.20 Å². The third kappa shape index (κ3) is 2.73. The molecule has 1 aliphatic rings. The first-order valence-electron chi connectivity index (χ1n) is 7.60. The molecule has 4 heterocycles. The van der Waals surface area contributed by atoms with Gasteiger partial charge in [0.2, 0.25) is 0 Å². The molecule has 8 heteroatoms. The molecule has 0 spiro atoms. The lowest BCUT2D eigenvalue weighted by atomic mass is 10.1. The van der Waals surface area contributed by atoms with Crippen molar-refractivity contribution in [3.05, 3.63) is 54.5 Å². The van der Waals surface area contributed by atoms with Gasteiger partial charge >= 0.3 is 0 Å². The summed E-state index contributed by atoms with van der Waals surface area (Å²) in [6, 6.07) is 3.44. The Morgan fingerprint density at radius 2 is 2.04 bits per heavy atom. The van der Waals surface area contributed by atoms with Gasteiger partial charge in [0, 0.05) is 49.4 Å². The molecule has 1 atom stereocenters. The Morgan fingerprint density at radius 1 is 1.17 bits per heavy atom. The van der Waals surface area contributed by atoms with Gasteiger partial charge in [-0.05, 0) is 18.6 Å². The Labute approximate surface area is 137 Å². The van der Waals surface area contributed by atoms with E-state index >= 15 is 0 Å². The molecule has 1 saturated heterocycles. The van der Waals surface area contributed by atoms with Crippen molar-refractivity contribution in [2.75, 3.05) is 13.1 Å². The molecular weight excluding hydrogens is 308 g/mol. The van der Waals surface area contributed by atoms with Crippen LogP contribution in [-0.2, 0) is 0 Å². The van der Waals surface area contributed by atoms with Crippen LogP contribution in [0, 0.1) is 0 Å². The van der Waals surface area contributed by atoms with Crippen LogP contribution in [-0.4, -0.2) is 49.0 Å². The van der Waals surface area contributed by atoms with Crippen molar-refractivity contribution in [1.82, 2.24) is 30.0 Å². The van der Waals surface area contributed by atoms with E-state index in [1.807, 2.05) is 0 Å². The lowest BCUT2D eigenvalue weighted by Crippen LogP contribution is -2.28. The molecule has 1 unspecified atom stereocenters. The summed E-state index contributed by atoms with van der Waals surface area (Å²) in [4.78, 5) is 30.7. The smallest absolute Gasteiger partial charge is 0.278 e. The van der Waals surface area contributed by atoms with Gasteiger partial charge < -0.3 is 9.42 Å². The van der Waals surface area contributed by atoms with Crippen LogP contribution in [0.15, 0.2) is 47.6 Å². The molecule has 8 nitrogen and oxygen atoms in total. The zero-order valence-electron chi connectivity index (χ0n) is 12.7. The fourth-order valence-electron chi connectivity index (χ4n) is 2.75. The second-order valence-electron chi connectivity index (χ2n) is 5.52. The van der Waals surface area contributed by atoms with E-state index < -0.39 is 0 Å². The first kappa shape index (κ1) is 14.4. The number of likely N-dealkylation sites (tertiary alicyclic amines) is 1. The fraction of sp³-hybridized carbons (Fsp3) is 0.250. The Kier molecular flexibility index (Phi) is 3.70. The second kappa shape index (κ2) is 6.15. The maximum atomic E-state index is 12.5. The standard InChI is InChI=1S/C16H14N6O2/c23-16(11-1-4-17-5-2-11)22-8-3-12(10-22)14-20-15(24-21-14)13-9-18-6-7-19-13/h1-2,4-7,9,12H,3,8,10H2. The predicted molar refractivity (Wildman–Crippen MR) is 82.8 cm³/mol. The van der Waals surface area contributed by atoms with Crippen molar-refractivity contribution in [3.63, 3.8) is 0 Å². The third-order valence-corrected chi connectivity index (χ3v) is 3.99. The molecule has 0 bridgehead atoms. The van der Waals surface area contributed by atoms with Crippen LogP contribution < -0.4 is 0 Å². The van der Waals surface area contributed by atoms with Crippen LogP contribution >= 0.6 is 0 Å². The maximum absolute atomic E-state index is 12.5. The Balaban J connectivity index is 1.48. The van der Waals surface area contributed by atoms with Crippen LogP contribution in [0.4, 0.5) is 0 Å². The third-order valence-electron chi connectivity index (χ3n) is 3.99. The van der Waals surface area contributed by atoms with Crippen LogP contribution in [0.3, 0.4) is 0 Å². The number of carbonyl (C=O) groups is 1. The van der Waals surface area contributed by atoms with E-state index in [2.05, 4.69) is 25.1 Å². The van der Waals surface area contributed by atoms with Crippen molar-refractivity contribution < 1.29 is 9.32 Å². The first-order chi connectivity index (χ1) is 11.8. The SMILES string of the molecule is O=C(c1ccncc1)N1CCC(c2noc(-c3cnccn3)n2)C1. The van der Waals surface area contributed by atoms with E-state index in [4.69, 9.17) is 4.52 Å². The highest BCUT2D eigenvalue weighted by molar-refractivity contribution is 5.94. The Morgan fingerprint density at radius 3 is 2.83 bits per heavy atom. The van der Waals surface area contributed by atoms with Crippen molar-refractivity contribution in [2.45, 2.75) is 12.3 Å². The highest BCUT2D eigenvalue weighted by atomic mass is 16.5. The maximum Gasteiger partial charge on any atom is 0.278 e. The van der Waals surface area contributed by atoms with E-state index in [-0.39, 0.29) is 11.8 Å². The van der Waals surface area contributed by atoms with Crippen LogP contribution in [0.5, 0.6) is 0 Å². The summed E-state index contributed by atoms with van der Waals surface area (Å²) in [5.74, 6) is 1.00. The monoisotopic (exact) mass is 322 g/mol. The molecule has 3 aromatic rings. The zero-order valence-corrected chi connectivity index (χ0v) is 12.7. The minimum atomic E-state index is -0.00227. The van der Waals surface area contributed by atoms with Gasteiger partial charge in [0.15, 0.2) is 5.82 Å². The highest BCUT2D eigenvalue weighted by Gasteiger charge is 2.31. The topological polar surface area (TPSA) is 97.9 Å². The predicted octanol–water partition coefficient (Wildman–Crippen LogP) is 1.55. The number of hydrogen-bond donors (Lipinski definition) is 0. The van der Waals surface area contributed by atoms with Gasteiger partial charge in [-0.2, -0.15) is 4.98 Å². The molecule has 1 aliphatic heterocycles. The number of carbonyl (C=O) groups excluding carboxylic acids is 1. The zero-order chi connectivity index (χ0) is 16.4. The average Bonchev–Trinajstić information content (AvgIpc) is 3.32. The molecule has 0 aromatic carbocycles. The number of pyridine rings is 1. The minimum Gasteiger partial charge on any atom is -0.338 e. The number of amides is 1. The Bertz CT molecular complexity index is 836. The summed E-state index contributed by atoms with van der Waals surface area (Å²) in [5.41, 5.74) is 1.18. The molecule has 0 N–H and O–H groups in total. The summed E-state index contributed by atoms with van der Waals surface area (Å²) in [6.45, 7) is 1.24. The van der Waals surface area contributed by atoms with Gasteiger partial charge in [0.25, 0.3) is 11.8 Å². The van der Waals surface area contributed by atoms with Gasteiger partial charge in [0.1, 0.15) is 5.69 Å². The fourth-order valence-corrected chi connectivity index (χ4v) is 2.75. The lowest BCUT2D eigenvalue weighted by molar-refractivity contribution is 0.0790. The molecule has 3 aromatic heterocycles. The first-order valence-corrected chi connectivity index (χ1v) is 7.60. The number of aromatic nitrogens is 5. The largest absolute Gasteiger partial charge is 0.338 e. The molecule has 1 amide bonds. The van der Waals surface area contributed by atoms with Gasteiger partial charge in [-0.3, -0.25) is 14.8 Å². The normalized spacial score (nSPS) is 17.2. The van der Waals surface area contributed by atoms with E-state index in [1.54, 1.807) is 48.0 Å². The van der Waals surface area contributed by atoms with Gasteiger partial charge in [-0.1, -0.05) is 5.16 Å². The summed E-state index contributed by atoms with van der Waals surface area (Å²) in [5, 5.41) is 4.04. The van der Waals surface area contributed by atoms with E-state index in [9.17, 15) is 4.79 Å². The minimum absolute atomic E-state index is 0.00227. The summed E-state index contributed by atoms with van der Waals surface area (Å²) in [6.07, 6.45) is 8.77. The number of rotatable bonds is 3. The van der Waals surface area contributed by atoms with E-state index in [0.717, 1.165) is 6.42 Å². The molecule has 4 rings (SSSR count). The summed E-state index contributed by atoms with van der Waals surface area (Å²) < 4.78 is 5.27. The summed E-state index contributed by atoms with van der Waals surface area (Å²) >= 11 is 0. The molecule has 24 heavy (non-hydrogen) atoms. The highest BCUT2D eigenvalue weighted by Crippen LogP contribution is 2.27.